The molecule has 1 saturated heterocycles. The Balaban J connectivity index is 1.58. The lowest BCUT2D eigenvalue weighted by atomic mass is 10.2. The number of phenols is 1. The molecule has 0 spiro atoms. The van der Waals surface area contributed by atoms with E-state index in [9.17, 15) is 9.90 Å². The van der Waals surface area contributed by atoms with Crippen LogP contribution < -0.4 is 5.32 Å². The van der Waals surface area contributed by atoms with Crippen molar-refractivity contribution in [2.45, 2.75) is 31.3 Å². The Labute approximate surface area is 107 Å². The molecule has 4 nitrogen and oxygen atoms in total. The Hall–Kier alpha value is -1.55. The molecule has 1 aliphatic carbocycles. The molecule has 1 unspecified atom stereocenters. The van der Waals surface area contributed by atoms with E-state index < -0.39 is 0 Å². The number of hydrogen-bond acceptors (Lipinski definition) is 3. The van der Waals surface area contributed by atoms with Crippen LogP contribution in [0.3, 0.4) is 0 Å². The smallest absolute Gasteiger partial charge is 0.251 e. The SMILES string of the molecule is O=C(NC1CCN(C2CC2)C1)c1cccc(O)c1. The molecule has 0 radical (unpaired) electrons. The second-order valence-corrected chi connectivity index (χ2v) is 5.24. The second-order valence-electron chi connectivity index (χ2n) is 5.24. The summed E-state index contributed by atoms with van der Waals surface area (Å²) in [6.07, 6.45) is 3.65. The van der Waals surface area contributed by atoms with Crippen LogP contribution in [0, 0.1) is 0 Å². The minimum absolute atomic E-state index is 0.0893. The first-order valence-electron chi connectivity index (χ1n) is 6.56. The number of phenolic OH excluding ortho intramolecular Hbond substituents is 1. The molecule has 2 N–H and O–H groups in total. The van der Waals surface area contributed by atoms with Crippen LogP contribution in [-0.4, -0.2) is 41.1 Å². The topological polar surface area (TPSA) is 52.6 Å². The summed E-state index contributed by atoms with van der Waals surface area (Å²) in [7, 11) is 0. The lowest BCUT2D eigenvalue weighted by molar-refractivity contribution is 0.0937. The maximum absolute atomic E-state index is 12.0. The monoisotopic (exact) mass is 246 g/mol. The number of carbonyl (C=O) groups excluding carboxylic acids is 1. The first kappa shape index (κ1) is 11.5. The molecule has 1 saturated carbocycles. The summed E-state index contributed by atoms with van der Waals surface area (Å²) in [6.45, 7) is 2.06. The molecular formula is C14H18N2O2. The zero-order chi connectivity index (χ0) is 12.5. The maximum Gasteiger partial charge on any atom is 0.251 e. The molecule has 2 fully saturated rings. The first-order valence-corrected chi connectivity index (χ1v) is 6.56. The fraction of sp³-hybridized carbons (Fsp3) is 0.500. The van der Waals surface area contributed by atoms with Gasteiger partial charge in [-0.3, -0.25) is 9.69 Å². The van der Waals surface area contributed by atoms with Crippen LogP contribution in [0.2, 0.25) is 0 Å². The van der Waals surface area contributed by atoms with Crippen molar-refractivity contribution in [2.24, 2.45) is 0 Å². The third-order valence-electron chi connectivity index (χ3n) is 3.73. The van der Waals surface area contributed by atoms with Gasteiger partial charge in [-0.25, -0.2) is 0 Å². The Morgan fingerprint density at radius 3 is 2.89 bits per heavy atom. The highest BCUT2D eigenvalue weighted by Gasteiger charge is 2.34. The predicted octanol–water partition coefficient (Wildman–Crippen LogP) is 1.36. The Kier molecular flexibility index (Phi) is 2.96. The normalized spacial score (nSPS) is 24.1. The summed E-state index contributed by atoms with van der Waals surface area (Å²) in [5.41, 5.74) is 0.528. The third kappa shape index (κ3) is 2.48. The third-order valence-corrected chi connectivity index (χ3v) is 3.73. The summed E-state index contributed by atoms with van der Waals surface area (Å²) in [5, 5.41) is 12.4. The number of likely N-dealkylation sites (tertiary alicyclic amines) is 1. The molecule has 1 aromatic carbocycles. The number of benzene rings is 1. The number of nitrogens with zero attached hydrogens (tertiary/aromatic N) is 1. The second kappa shape index (κ2) is 4.61. The zero-order valence-electron chi connectivity index (χ0n) is 10.3. The predicted molar refractivity (Wildman–Crippen MR) is 68.6 cm³/mol. The minimum atomic E-state index is -0.0893. The zero-order valence-corrected chi connectivity index (χ0v) is 10.3. The number of aromatic hydroxyl groups is 1. The van der Waals surface area contributed by atoms with E-state index in [0.717, 1.165) is 25.6 Å². The van der Waals surface area contributed by atoms with E-state index in [2.05, 4.69) is 10.2 Å². The molecule has 4 heteroatoms. The average molecular weight is 246 g/mol. The molecule has 96 valence electrons. The molecular weight excluding hydrogens is 228 g/mol. The molecule has 1 atom stereocenters. The lowest BCUT2D eigenvalue weighted by Crippen LogP contribution is -2.37. The van der Waals surface area contributed by atoms with Crippen molar-refractivity contribution in [3.05, 3.63) is 29.8 Å². The molecule has 1 heterocycles. The summed E-state index contributed by atoms with van der Waals surface area (Å²) in [5.74, 6) is 0.0437. The largest absolute Gasteiger partial charge is 0.508 e. The Bertz CT molecular complexity index is 457. The van der Waals surface area contributed by atoms with Gasteiger partial charge in [0.25, 0.3) is 5.91 Å². The molecule has 1 amide bonds. The lowest BCUT2D eigenvalue weighted by Gasteiger charge is -2.15. The number of hydrogen-bond donors (Lipinski definition) is 2. The fourth-order valence-electron chi connectivity index (χ4n) is 2.59. The molecule has 2 aliphatic rings. The Morgan fingerprint density at radius 1 is 1.33 bits per heavy atom. The van der Waals surface area contributed by atoms with Crippen LogP contribution in [0.25, 0.3) is 0 Å². The van der Waals surface area contributed by atoms with Crippen molar-refractivity contribution in [3.63, 3.8) is 0 Å². The van der Waals surface area contributed by atoms with Gasteiger partial charge >= 0.3 is 0 Å². The molecule has 18 heavy (non-hydrogen) atoms. The van der Waals surface area contributed by atoms with Crippen LogP contribution in [-0.2, 0) is 0 Å². The van der Waals surface area contributed by atoms with Crippen LogP contribution in [0.15, 0.2) is 24.3 Å². The van der Waals surface area contributed by atoms with Gasteiger partial charge in [0.2, 0.25) is 0 Å². The van der Waals surface area contributed by atoms with E-state index in [0.29, 0.717) is 5.56 Å². The summed E-state index contributed by atoms with van der Waals surface area (Å²) in [6, 6.07) is 7.51. The van der Waals surface area contributed by atoms with Crippen LogP contribution >= 0.6 is 0 Å². The van der Waals surface area contributed by atoms with Crippen molar-refractivity contribution in [1.29, 1.82) is 0 Å². The molecule has 1 aromatic rings. The van der Waals surface area contributed by atoms with E-state index in [-0.39, 0.29) is 17.7 Å². The van der Waals surface area contributed by atoms with Gasteiger partial charge in [-0.1, -0.05) is 6.07 Å². The van der Waals surface area contributed by atoms with Gasteiger partial charge in [0.05, 0.1) is 0 Å². The van der Waals surface area contributed by atoms with Crippen molar-refractivity contribution >= 4 is 5.91 Å². The van der Waals surface area contributed by atoms with Gasteiger partial charge in [-0.2, -0.15) is 0 Å². The average Bonchev–Trinajstić information content (AvgIpc) is 3.11. The van der Waals surface area contributed by atoms with Crippen molar-refractivity contribution in [2.75, 3.05) is 13.1 Å². The summed E-state index contributed by atoms with van der Waals surface area (Å²) in [4.78, 5) is 14.5. The van der Waals surface area contributed by atoms with Gasteiger partial charge in [-0.05, 0) is 37.5 Å². The fourth-order valence-corrected chi connectivity index (χ4v) is 2.59. The maximum atomic E-state index is 12.0. The number of carbonyl (C=O) groups is 1. The summed E-state index contributed by atoms with van der Waals surface area (Å²) >= 11 is 0. The molecule has 1 aliphatic heterocycles. The molecule has 3 rings (SSSR count). The number of amides is 1. The highest BCUT2D eigenvalue weighted by molar-refractivity contribution is 5.94. The number of rotatable bonds is 3. The van der Waals surface area contributed by atoms with Crippen LogP contribution in [0.4, 0.5) is 0 Å². The van der Waals surface area contributed by atoms with Crippen molar-refractivity contribution in [3.8, 4) is 5.75 Å². The van der Waals surface area contributed by atoms with Crippen LogP contribution in [0.5, 0.6) is 5.75 Å². The standard InChI is InChI=1S/C14H18N2O2/c17-13-3-1-2-10(8-13)14(18)15-11-6-7-16(9-11)12-4-5-12/h1-3,8,11-12,17H,4-7,9H2,(H,15,18). The van der Waals surface area contributed by atoms with Crippen LogP contribution in [0.1, 0.15) is 29.6 Å². The van der Waals surface area contributed by atoms with Gasteiger partial charge in [-0.15, -0.1) is 0 Å². The van der Waals surface area contributed by atoms with E-state index >= 15 is 0 Å². The van der Waals surface area contributed by atoms with E-state index in [1.165, 1.54) is 18.9 Å². The van der Waals surface area contributed by atoms with Gasteiger partial charge in [0.1, 0.15) is 5.75 Å². The molecule has 0 bridgehead atoms. The Morgan fingerprint density at radius 2 is 2.17 bits per heavy atom. The van der Waals surface area contributed by atoms with E-state index in [1.807, 2.05) is 0 Å². The van der Waals surface area contributed by atoms with E-state index in [4.69, 9.17) is 0 Å². The van der Waals surface area contributed by atoms with Gasteiger partial charge < -0.3 is 10.4 Å². The first-order chi connectivity index (χ1) is 8.72. The van der Waals surface area contributed by atoms with Gasteiger partial charge in [0.15, 0.2) is 0 Å². The van der Waals surface area contributed by atoms with Gasteiger partial charge in [0, 0.05) is 30.7 Å². The van der Waals surface area contributed by atoms with Crippen molar-refractivity contribution in [1.82, 2.24) is 10.2 Å². The van der Waals surface area contributed by atoms with Crippen molar-refractivity contribution < 1.29 is 9.90 Å². The highest BCUT2D eigenvalue weighted by atomic mass is 16.3. The molecule has 0 aromatic heterocycles. The quantitative estimate of drug-likeness (QED) is 0.846. The minimum Gasteiger partial charge on any atom is -0.508 e. The highest BCUT2D eigenvalue weighted by Crippen LogP contribution is 2.29. The number of nitrogens with one attached hydrogen (secondary N) is 1. The van der Waals surface area contributed by atoms with E-state index in [1.54, 1.807) is 18.2 Å². The summed E-state index contributed by atoms with van der Waals surface area (Å²) < 4.78 is 0.